The standard InChI is InChI=1S/C12H18N2O5/c1-3-7-5-14(12(17)13-11(7)16)10-4-8(15)9(19-10)6-18-2/h5,8-10,15H,3-4,6H2,1-2H3,(H,13,16,17). The fourth-order valence-electron chi connectivity index (χ4n) is 2.19. The lowest BCUT2D eigenvalue weighted by Gasteiger charge is -2.15. The lowest BCUT2D eigenvalue weighted by atomic mass is 10.2. The molecule has 19 heavy (non-hydrogen) atoms. The number of rotatable bonds is 4. The van der Waals surface area contributed by atoms with Crippen LogP contribution in [0.2, 0.25) is 0 Å². The second-order valence-corrected chi connectivity index (χ2v) is 4.56. The minimum absolute atomic E-state index is 0.260. The SMILES string of the molecule is CCc1cn(C2CC(O)C(COC)O2)c(=O)[nH]c1=O. The van der Waals surface area contributed by atoms with E-state index in [-0.39, 0.29) is 12.2 Å². The van der Waals surface area contributed by atoms with Crippen LogP contribution in [0.4, 0.5) is 0 Å². The van der Waals surface area contributed by atoms with Crippen molar-refractivity contribution >= 4 is 0 Å². The molecule has 0 radical (unpaired) electrons. The Morgan fingerprint density at radius 2 is 2.32 bits per heavy atom. The Bertz CT molecular complexity index is 550. The number of nitrogens with one attached hydrogen (secondary N) is 1. The van der Waals surface area contributed by atoms with Crippen molar-refractivity contribution in [1.82, 2.24) is 9.55 Å². The molecule has 0 saturated carbocycles. The summed E-state index contributed by atoms with van der Waals surface area (Å²) in [6.07, 6.45) is 0.584. The number of aromatic nitrogens is 2. The molecule has 2 heterocycles. The van der Waals surface area contributed by atoms with Gasteiger partial charge in [-0.1, -0.05) is 6.92 Å². The number of aliphatic hydroxyl groups excluding tert-OH is 1. The van der Waals surface area contributed by atoms with Gasteiger partial charge in [0.15, 0.2) is 0 Å². The molecule has 1 aromatic heterocycles. The summed E-state index contributed by atoms with van der Waals surface area (Å²) < 4.78 is 11.8. The molecule has 1 saturated heterocycles. The summed E-state index contributed by atoms with van der Waals surface area (Å²) in [5.74, 6) is 0. The molecule has 0 bridgehead atoms. The van der Waals surface area contributed by atoms with E-state index in [1.54, 1.807) is 0 Å². The predicted molar refractivity (Wildman–Crippen MR) is 67.1 cm³/mol. The molecule has 7 heteroatoms. The van der Waals surface area contributed by atoms with Gasteiger partial charge in [0.1, 0.15) is 12.3 Å². The Kier molecular flexibility index (Phi) is 4.18. The number of H-pyrrole nitrogens is 1. The number of aliphatic hydroxyl groups is 1. The van der Waals surface area contributed by atoms with Crippen molar-refractivity contribution in [3.63, 3.8) is 0 Å². The zero-order valence-electron chi connectivity index (χ0n) is 11.0. The average molecular weight is 270 g/mol. The van der Waals surface area contributed by atoms with Gasteiger partial charge in [-0.3, -0.25) is 14.3 Å². The molecule has 3 unspecified atom stereocenters. The number of hydrogen-bond acceptors (Lipinski definition) is 5. The van der Waals surface area contributed by atoms with Crippen LogP contribution in [0.3, 0.4) is 0 Å². The quantitative estimate of drug-likeness (QED) is 0.761. The van der Waals surface area contributed by atoms with Crippen LogP contribution in [0.5, 0.6) is 0 Å². The highest BCUT2D eigenvalue weighted by atomic mass is 16.6. The number of aryl methyl sites for hydroxylation is 1. The van der Waals surface area contributed by atoms with E-state index in [0.717, 1.165) is 0 Å². The molecule has 0 amide bonds. The highest BCUT2D eigenvalue weighted by Gasteiger charge is 2.35. The van der Waals surface area contributed by atoms with Gasteiger partial charge in [-0.2, -0.15) is 0 Å². The van der Waals surface area contributed by atoms with Crippen LogP contribution in [0.15, 0.2) is 15.8 Å². The first-order valence-electron chi connectivity index (χ1n) is 6.23. The summed E-state index contributed by atoms with van der Waals surface area (Å²) in [5.41, 5.74) is -0.402. The van der Waals surface area contributed by atoms with Gasteiger partial charge in [0.25, 0.3) is 5.56 Å². The van der Waals surface area contributed by atoms with Crippen LogP contribution >= 0.6 is 0 Å². The molecule has 2 N–H and O–H groups in total. The van der Waals surface area contributed by atoms with Gasteiger partial charge in [-0.15, -0.1) is 0 Å². The van der Waals surface area contributed by atoms with E-state index in [1.807, 2.05) is 6.92 Å². The first-order chi connectivity index (χ1) is 9.06. The van der Waals surface area contributed by atoms with Crippen molar-refractivity contribution in [2.75, 3.05) is 13.7 Å². The van der Waals surface area contributed by atoms with E-state index in [0.29, 0.717) is 18.4 Å². The van der Waals surface area contributed by atoms with E-state index < -0.39 is 24.1 Å². The monoisotopic (exact) mass is 270 g/mol. The zero-order valence-corrected chi connectivity index (χ0v) is 11.0. The molecule has 3 atom stereocenters. The minimum Gasteiger partial charge on any atom is -0.390 e. The second-order valence-electron chi connectivity index (χ2n) is 4.56. The summed E-state index contributed by atoms with van der Waals surface area (Å²) in [5, 5.41) is 9.83. The molecule has 0 spiro atoms. The number of aromatic amines is 1. The third-order valence-corrected chi connectivity index (χ3v) is 3.27. The molecule has 1 fully saturated rings. The molecular formula is C12H18N2O5. The maximum Gasteiger partial charge on any atom is 0.330 e. The topological polar surface area (TPSA) is 93.6 Å². The van der Waals surface area contributed by atoms with Gasteiger partial charge in [0.2, 0.25) is 0 Å². The normalized spacial score (nSPS) is 26.8. The lowest BCUT2D eigenvalue weighted by molar-refractivity contribution is -0.0547. The Morgan fingerprint density at radius 3 is 2.95 bits per heavy atom. The van der Waals surface area contributed by atoms with Crippen molar-refractivity contribution in [2.24, 2.45) is 0 Å². The van der Waals surface area contributed by atoms with Crippen LogP contribution in [0.25, 0.3) is 0 Å². The minimum atomic E-state index is -0.686. The fourth-order valence-corrected chi connectivity index (χ4v) is 2.19. The Labute approximate surface area is 109 Å². The first-order valence-corrected chi connectivity index (χ1v) is 6.23. The molecular weight excluding hydrogens is 252 g/mol. The molecule has 1 aromatic rings. The van der Waals surface area contributed by atoms with Gasteiger partial charge >= 0.3 is 5.69 Å². The molecule has 0 aliphatic carbocycles. The summed E-state index contributed by atoms with van der Waals surface area (Å²) in [4.78, 5) is 25.5. The Hall–Kier alpha value is -1.44. The zero-order chi connectivity index (χ0) is 14.0. The van der Waals surface area contributed by atoms with Crippen LogP contribution in [0, 0.1) is 0 Å². The summed E-state index contributed by atoms with van der Waals surface area (Å²) in [7, 11) is 1.52. The van der Waals surface area contributed by atoms with Crippen LogP contribution in [0.1, 0.15) is 25.1 Å². The van der Waals surface area contributed by atoms with Gasteiger partial charge in [-0.05, 0) is 6.42 Å². The largest absolute Gasteiger partial charge is 0.390 e. The first kappa shape index (κ1) is 14.0. The summed E-state index contributed by atoms with van der Waals surface area (Å²) in [6.45, 7) is 2.09. The fraction of sp³-hybridized carbons (Fsp3) is 0.667. The number of hydrogen-bond donors (Lipinski definition) is 2. The van der Waals surface area contributed by atoms with E-state index in [1.165, 1.54) is 17.9 Å². The maximum atomic E-state index is 11.8. The van der Waals surface area contributed by atoms with Crippen molar-refractivity contribution in [3.8, 4) is 0 Å². The highest BCUT2D eigenvalue weighted by molar-refractivity contribution is 5.04. The third kappa shape index (κ3) is 2.78. The highest BCUT2D eigenvalue weighted by Crippen LogP contribution is 2.27. The summed E-state index contributed by atoms with van der Waals surface area (Å²) in [6, 6.07) is 0. The van der Waals surface area contributed by atoms with E-state index in [4.69, 9.17) is 9.47 Å². The second kappa shape index (κ2) is 5.68. The smallest absolute Gasteiger partial charge is 0.330 e. The Morgan fingerprint density at radius 1 is 1.58 bits per heavy atom. The number of nitrogens with zero attached hydrogens (tertiary/aromatic N) is 1. The third-order valence-electron chi connectivity index (χ3n) is 3.27. The van der Waals surface area contributed by atoms with Gasteiger partial charge in [0, 0.05) is 25.3 Å². The van der Waals surface area contributed by atoms with Gasteiger partial charge in [-0.25, -0.2) is 4.79 Å². The maximum absolute atomic E-state index is 11.8. The lowest BCUT2D eigenvalue weighted by Crippen LogP contribution is -2.34. The number of ether oxygens (including phenoxy) is 2. The van der Waals surface area contributed by atoms with Crippen molar-refractivity contribution in [2.45, 2.75) is 38.2 Å². The van der Waals surface area contributed by atoms with E-state index in [2.05, 4.69) is 4.98 Å². The van der Waals surface area contributed by atoms with Gasteiger partial charge in [0.05, 0.1) is 12.7 Å². The van der Waals surface area contributed by atoms with Crippen LogP contribution in [-0.4, -0.2) is 40.6 Å². The summed E-state index contributed by atoms with van der Waals surface area (Å²) >= 11 is 0. The molecule has 0 aromatic carbocycles. The van der Waals surface area contributed by atoms with Gasteiger partial charge < -0.3 is 14.6 Å². The van der Waals surface area contributed by atoms with Crippen molar-refractivity contribution in [1.29, 1.82) is 0 Å². The molecule has 1 aliphatic heterocycles. The van der Waals surface area contributed by atoms with Crippen molar-refractivity contribution in [3.05, 3.63) is 32.6 Å². The van der Waals surface area contributed by atoms with Crippen LogP contribution in [-0.2, 0) is 15.9 Å². The van der Waals surface area contributed by atoms with Crippen LogP contribution < -0.4 is 11.2 Å². The molecule has 7 nitrogen and oxygen atoms in total. The van der Waals surface area contributed by atoms with E-state index >= 15 is 0 Å². The molecule has 1 aliphatic rings. The average Bonchev–Trinajstić information content (AvgIpc) is 2.71. The van der Waals surface area contributed by atoms with E-state index in [9.17, 15) is 14.7 Å². The number of methoxy groups -OCH3 is 1. The van der Waals surface area contributed by atoms with Crippen molar-refractivity contribution < 1.29 is 14.6 Å². The molecule has 106 valence electrons. The Balaban J connectivity index is 2.28. The molecule has 2 rings (SSSR count). The predicted octanol–water partition coefficient (Wildman–Crippen LogP) is -0.606.